The molecule has 1 spiro atoms. The van der Waals surface area contributed by atoms with Crippen LogP contribution in [0, 0.1) is 5.41 Å². The molecule has 2 aromatic heterocycles. The van der Waals surface area contributed by atoms with Gasteiger partial charge in [-0.3, -0.25) is 19.2 Å². The number of carbonyl (C=O) groups is 2. The van der Waals surface area contributed by atoms with Crippen molar-refractivity contribution >= 4 is 17.3 Å². The molecule has 10 heteroatoms. The van der Waals surface area contributed by atoms with Crippen molar-refractivity contribution in [3.05, 3.63) is 29.7 Å². The van der Waals surface area contributed by atoms with Crippen LogP contribution in [0.5, 0.6) is 5.88 Å². The summed E-state index contributed by atoms with van der Waals surface area (Å²) in [6.45, 7) is 2.26. The number of likely N-dealkylation sites (tertiary alicyclic amines) is 1. The number of likely N-dealkylation sites (N-methyl/N-ethyl adjacent to an activating group) is 1. The van der Waals surface area contributed by atoms with Crippen molar-refractivity contribution in [2.75, 3.05) is 13.6 Å². The number of allylic oxidation sites excluding steroid dienone is 1. The lowest BCUT2D eigenvalue weighted by Gasteiger charge is -2.38. The van der Waals surface area contributed by atoms with Crippen LogP contribution in [0.2, 0.25) is 0 Å². The maximum Gasteiger partial charge on any atom is 0.217 e. The summed E-state index contributed by atoms with van der Waals surface area (Å²) in [5.74, 6) is 0.313. The Morgan fingerprint density at radius 3 is 2.62 bits per heavy atom. The van der Waals surface area contributed by atoms with E-state index in [0.717, 1.165) is 12.8 Å². The summed E-state index contributed by atoms with van der Waals surface area (Å²) in [5.41, 5.74) is 7.35. The molecule has 0 radical (unpaired) electrons. The Morgan fingerprint density at radius 2 is 1.95 bits per heavy atom. The number of hydrogen-bond donors (Lipinski definition) is 1. The van der Waals surface area contributed by atoms with Crippen LogP contribution in [0.15, 0.2) is 23.9 Å². The molecule has 2 N–H and O–H groups in total. The van der Waals surface area contributed by atoms with E-state index in [4.69, 9.17) is 10.5 Å². The van der Waals surface area contributed by atoms with Crippen molar-refractivity contribution < 1.29 is 18.7 Å². The Labute approximate surface area is 216 Å². The van der Waals surface area contributed by atoms with E-state index in [1.165, 1.54) is 0 Å². The number of hydrogen-bond acceptors (Lipinski definition) is 8. The fourth-order valence-electron chi connectivity index (χ4n) is 6.14. The number of Topliss-reactive ketones (excluding diaryl/α,β-unsaturated/α-hetero) is 2. The van der Waals surface area contributed by atoms with Gasteiger partial charge in [0.05, 0.1) is 16.8 Å². The molecular weight excluding hydrogens is 475 g/mol. The fraction of sp³-hybridized carbons (Fsp3) is 0.593. The van der Waals surface area contributed by atoms with Crippen LogP contribution in [-0.2, 0) is 16.6 Å². The van der Waals surface area contributed by atoms with Gasteiger partial charge in [-0.05, 0) is 58.6 Å². The van der Waals surface area contributed by atoms with Gasteiger partial charge in [0.2, 0.25) is 5.88 Å². The highest BCUT2D eigenvalue weighted by molar-refractivity contribution is 6.17. The molecule has 2 aromatic rings. The van der Waals surface area contributed by atoms with Gasteiger partial charge in [0.15, 0.2) is 11.6 Å². The normalized spacial score (nSPS) is 29.1. The summed E-state index contributed by atoms with van der Waals surface area (Å²) in [5, 5.41) is 4.45. The number of nitrogens with two attached hydrogens (primary N) is 1. The third kappa shape index (κ3) is 4.79. The predicted molar refractivity (Wildman–Crippen MR) is 136 cm³/mol. The highest BCUT2D eigenvalue weighted by Gasteiger charge is 2.49. The zero-order valence-electron chi connectivity index (χ0n) is 21.7. The van der Waals surface area contributed by atoms with Crippen LogP contribution in [0.4, 0.5) is 4.39 Å². The predicted octanol–water partition coefficient (Wildman–Crippen LogP) is 3.24. The van der Waals surface area contributed by atoms with Crippen LogP contribution >= 0.6 is 0 Å². The number of alkyl halides is 1. The Kier molecular flexibility index (Phi) is 6.87. The van der Waals surface area contributed by atoms with Gasteiger partial charge in [0.1, 0.15) is 23.8 Å². The standard InChI is InChI=1S/C27H35FN6O3/c1-16(21-13-17(28)15-33(21)2)37-23-14-20(19-9-12-34(3)32-19)30-26(31-23)24(29)18-7-6-11-27(25(18)36)10-5-4-8-22(27)35/h9,12,14,16-17,21H,4-8,10-11,13,15,29H2,1-3H3/t16-,17-,21-,27+/m0/s1. The number of aromatic nitrogens is 4. The number of aryl methyl sites for hydroxylation is 1. The fourth-order valence-corrected chi connectivity index (χ4v) is 6.14. The van der Waals surface area contributed by atoms with E-state index in [1.54, 1.807) is 16.9 Å². The summed E-state index contributed by atoms with van der Waals surface area (Å²) >= 11 is 0. The Bertz CT molecular complexity index is 1240. The molecule has 198 valence electrons. The highest BCUT2D eigenvalue weighted by atomic mass is 19.1. The maximum absolute atomic E-state index is 14.0. The van der Waals surface area contributed by atoms with Gasteiger partial charge in [-0.25, -0.2) is 9.37 Å². The number of ketones is 2. The lowest BCUT2D eigenvalue weighted by atomic mass is 9.62. The number of nitrogens with zero attached hydrogens (tertiary/aromatic N) is 5. The third-order valence-corrected chi connectivity index (χ3v) is 8.17. The van der Waals surface area contributed by atoms with Gasteiger partial charge in [0.25, 0.3) is 0 Å². The Morgan fingerprint density at radius 1 is 1.16 bits per heavy atom. The van der Waals surface area contributed by atoms with Crippen molar-refractivity contribution in [2.24, 2.45) is 18.2 Å². The highest BCUT2D eigenvalue weighted by Crippen LogP contribution is 2.45. The molecule has 0 aromatic carbocycles. The van der Waals surface area contributed by atoms with Gasteiger partial charge in [-0.2, -0.15) is 10.1 Å². The quantitative estimate of drug-likeness (QED) is 0.481. The van der Waals surface area contributed by atoms with Crippen molar-refractivity contribution in [3.8, 4) is 17.3 Å². The van der Waals surface area contributed by atoms with Gasteiger partial charge in [-0.1, -0.05) is 6.42 Å². The summed E-state index contributed by atoms with van der Waals surface area (Å²) in [7, 11) is 3.69. The van der Waals surface area contributed by atoms with Crippen LogP contribution in [0.25, 0.3) is 17.1 Å². The summed E-state index contributed by atoms with van der Waals surface area (Å²) in [6.07, 6.45) is 5.45. The minimum absolute atomic E-state index is 0.0293. The van der Waals surface area contributed by atoms with E-state index in [9.17, 15) is 14.0 Å². The van der Waals surface area contributed by atoms with E-state index in [-0.39, 0.29) is 41.1 Å². The second-order valence-electron chi connectivity index (χ2n) is 10.7. The largest absolute Gasteiger partial charge is 0.473 e. The smallest absolute Gasteiger partial charge is 0.217 e. The molecule has 3 heterocycles. The Hall–Kier alpha value is -3.14. The number of carbonyl (C=O) groups excluding carboxylic acids is 2. The molecule has 9 nitrogen and oxygen atoms in total. The van der Waals surface area contributed by atoms with Gasteiger partial charge < -0.3 is 10.5 Å². The molecule has 1 aliphatic heterocycles. The molecular formula is C27H35FN6O3. The van der Waals surface area contributed by atoms with Crippen LogP contribution in [-0.4, -0.2) is 68.1 Å². The van der Waals surface area contributed by atoms with Crippen LogP contribution < -0.4 is 10.5 Å². The van der Waals surface area contributed by atoms with Crippen molar-refractivity contribution in [2.45, 2.75) is 76.6 Å². The summed E-state index contributed by atoms with van der Waals surface area (Å²) < 4.78 is 21.9. The molecule has 4 atom stereocenters. The molecule has 1 saturated heterocycles. The summed E-state index contributed by atoms with van der Waals surface area (Å²) in [6, 6.07) is 3.42. The molecule has 2 aliphatic carbocycles. The van der Waals surface area contributed by atoms with Gasteiger partial charge in [0, 0.05) is 43.9 Å². The number of ether oxygens (including phenoxy) is 1. The molecule has 37 heavy (non-hydrogen) atoms. The Balaban J connectivity index is 1.52. The monoisotopic (exact) mass is 510 g/mol. The van der Waals surface area contributed by atoms with Crippen molar-refractivity contribution in [1.29, 1.82) is 0 Å². The van der Waals surface area contributed by atoms with Crippen molar-refractivity contribution in [3.63, 3.8) is 0 Å². The zero-order valence-corrected chi connectivity index (χ0v) is 21.7. The topological polar surface area (TPSA) is 116 Å². The lowest BCUT2D eigenvalue weighted by molar-refractivity contribution is -0.143. The zero-order chi connectivity index (χ0) is 26.3. The van der Waals surface area contributed by atoms with Crippen LogP contribution in [0.1, 0.15) is 64.1 Å². The first-order valence-corrected chi connectivity index (χ1v) is 13.1. The average Bonchev–Trinajstić information content (AvgIpc) is 3.46. The molecule has 3 fully saturated rings. The average molecular weight is 511 g/mol. The summed E-state index contributed by atoms with van der Waals surface area (Å²) in [4.78, 5) is 37.8. The first-order valence-electron chi connectivity index (χ1n) is 13.1. The van der Waals surface area contributed by atoms with Crippen molar-refractivity contribution in [1.82, 2.24) is 24.6 Å². The lowest BCUT2D eigenvalue weighted by Crippen LogP contribution is -2.45. The first-order chi connectivity index (χ1) is 17.7. The number of rotatable bonds is 5. The van der Waals surface area contributed by atoms with E-state index in [1.807, 2.05) is 32.0 Å². The molecule has 0 unspecified atom stereocenters. The maximum atomic E-state index is 14.0. The minimum Gasteiger partial charge on any atom is -0.473 e. The van der Waals surface area contributed by atoms with E-state index in [0.29, 0.717) is 62.0 Å². The molecule has 2 saturated carbocycles. The van der Waals surface area contributed by atoms with E-state index >= 15 is 0 Å². The molecule has 3 aliphatic rings. The van der Waals surface area contributed by atoms with E-state index < -0.39 is 11.6 Å². The van der Waals surface area contributed by atoms with Gasteiger partial charge in [-0.15, -0.1) is 0 Å². The van der Waals surface area contributed by atoms with Crippen LogP contribution in [0.3, 0.4) is 0 Å². The first kappa shape index (κ1) is 25.5. The molecule has 5 rings (SSSR count). The minimum atomic E-state index is -0.959. The molecule has 0 bridgehead atoms. The SMILES string of the molecule is C[C@H](Oc1cc(-c2ccn(C)n2)nc(C(N)=C2CCC[C@@]3(CCCCC3=O)C2=O)n1)[C@@H]1C[C@H](F)CN1C. The van der Waals surface area contributed by atoms with E-state index in [2.05, 4.69) is 15.1 Å². The molecule has 0 amide bonds. The number of halogens is 1. The second kappa shape index (κ2) is 9.96. The van der Waals surface area contributed by atoms with Gasteiger partial charge >= 0.3 is 0 Å². The third-order valence-electron chi connectivity index (χ3n) is 8.17. The second-order valence-corrected chi connectivity index (χ2v) is 10.7.